The van der Waals surface area contributed by atoms with Crippen LogP contribution < -0.4 is 10.1 Å². The van der Waals surface area contributed by atoms with E-state index in [-0.39, 0.29) is 0 Å². The second kappa shape index (κ2) is 8.91. The minimum Gasteiger partial charge on any atom is -0.489 e. The predicted octanol–water partition coefficient (Wildman–Crippen LogP) is 5.13. The molecule has 0 saturated carbocycles. The van der Waals surface area contributed by atoms with Gasteiger partial charge in [-0.15, -0.1) is 0 Å². The molecule has 0 radical (unpaired) electrons. The van der Waals surface area contributed by atoms with Crippen LogP contribution in [0, 0.1) is 0 Å². The number of imidazole rings is 1. The Morgan fingerprint density at radius 1 is 0.929 bits per heavy atom. The number of aromatic amines is 1. The molecule has 0 spiro atoms. The fraction of sp³-hybridized carbons (Fsp3) is 0.174. The number of nitrogens with zero attached hydrogens (tertiary/aromatic N) is 1. The highest BCUT2D eigenvalue weighted by molar-refractivity contribution is 6.30. The Balaban J connectivity index is 1.22. The van der Waals surface area contributed by atoms with Crippen LogP contribution in [0.4, 0.5) is 0 Å². The lowest BCUT2D eigenvalue weighted by molar-refractivity contribution is 0.306. The van der Waals surface area contributed by atoms with E-state index in [0.717, 1.165) is 52.7 Å². The van der Waals surface area contributed by atoms with E-state index in [2.05, 4.69) is 33.5 Å². The SMILES string of the molecule is Clc1cccc(COc2ccc(CNCCc3nc4ccccc4[nH]3)cc2)c1. The second-order valence-electron chi connectivity index (χ2n) is 6.69. The number of hydrogen-bond donors (Lipinski definition) is 2. The van der Waals surface area contributed by atoms with Crippen molar-refractivity contribution in [2.75, 3.05) is 6.54 Å². The fourth-order valence-corrected chi connectivity index (χ4v) is 3.27. The number of para-hydroxylation sites is 2. The van der Waals surface area contributed by atoms with Gasteiger partial charge in [-0.2, -0.15) is 0 Å². The van der Waals surface area contributed by atoms with Crippen LogP contribution in [0.1, 0.15) is 17.0 Å². The summed E-state index contributed by atoms with van der Waals surface area (Å²) in [5.74, 6) is 1.87. The third kappa shape index (κ3) is 4.91. The van der Waals surface area contributed by atoms with E-state index in [4.69, 9.17) is 16.3 Å². The molecule has 0 saturated heterocycles. The number of rotatable bonds is 8. The number of nitrogens with one attached hydrogen (secondary N) is 2. The summed E-state index contributed by atoms with van der Waals surface area (Å²) in [6, 6.07) is 24.0. The second-order valence-corrected chi connectivity index (χ2v) is 7.13. The Hall–Kier alpha value is -2.82. The molecule has 0 aliphatic rings. The molecule has 2 N–H and O–H groups in total. The molecule has 4 nitrogen and oxygen atoms in total. The van der Waals surface area contributed by atoms with Crippen molar-refractivity contribution >= 4 is 22.6 Å². The molecule has 1 heterocycles. The Bertz CT molecular complexity index is 1010. The lowest BCUT2D eigenvalue weighted by Gasteiger charge is -2.08. The molecule has 1 aromatic heterocycles. The van der Waals surface area contributed by atoms with Gasteiger partial charge < -0.3 is 15.0 Å². The van der Waals surface area contributed by atoms with E-state index >= 15 is 0 Å². The molecule has 0 amide bonds. The largest absolute Gasteiger partial charge is 0.489 e. The van der Waals surface area contributed by atoms with Crippen molar-refractivity contribution in [2.45, 2.75) is 19.6 Å². The van der Waals surface area contributed by atoms with Gasteiger partial charge in [-0.25, -0.2) is 4.98 Å². The first-order valence-corrected chi connectivity index (χ1v) is 9.74. The highest BCUT2D eigenvalue weighted by atomic mass is 35.5. The van der Waals surface area contributed by atoms with Gasteiger partial charge in [-0.05, 0) is 47.5 Å². The summed E-state index contributed by atoms with van der Waals surface area (Å²) in [6.07, 6.45) is 0.871. The van der Waals surface area contributed by atoms with Crippen molar-refractivity contribution in [3.8, 4) is 5.75 Å². The standard InChI is InChI=1S/C23H22ClN3O/c24-19-5-3-4-18(14-19)16-28-20-10-8-17(9-11-20)15-25-13-12-23-26-21-6-1-2-7-22(21)27-23/h1-11,14,25H,12-13,15-16H2,(H,26,27). The van der Waals surface area contributed by atoms with E-state index in [1.54, 1.807) is 0 Å². The molecule has 28 heavy (non-hydrogen) atoms. The first-order chi connectivity index (χ1) is 13.8. The zero-order chi connectivity index (χ0) is 19.2. The molecular formula is C23H22ClN3O. The summed E-state index contributed by atoms with van der Waals surface area (Å²) in [5, 5.41) is 4.19. The summed E-state index contributed by atoms with van der Waals surface area (Å²) in [7, 11) is 0. The van der Waals surface area contributed by atoms with Gasteiger partial charge in [0.15, 0.2) is 0 Å². The summed E-state index contributed by atoms with van der Waals surface area (Å²) in [5.41, 5.74) is 4.39. The van der Waals surface area contributed by atoms with Crippen LogP contribution in [-0.2, 0) is 19.6 Å². The molecule has 3 aromatic carbocycles. The van der Waals surface area contributed by atoms with E-state index in [9.17, 15) is 0 Å². The zero-order valence-electron chi connectivity index (χ0n) is 15.5. The van der Waals surface area contributed by atoms with Crippen LogP contribution in [0.15, 0.2) is 72.8 Å². The van der Waals surface area contributed by atoms with Crippen molar-refractivity contribution < 1.29 is 4.74 Å². The molecule has 0 aliphatic heterocycles. The summed E-state index contributed by atoms with van der Waals surface area (Å²) >= 11 is 6.00. The number of fused-ring (bicyclic) bond motifs is 1. The maximum Gasteiger partial charge on any atom is 0.119 e. The average Bonchev–Trinajstić information content (AvgIpc) is 3.13. The molecule has 142 valence electrons. The molecule has 0 unspecified atom stereocenters. The van der Waals surface area contributed by atoms with Crippen LogP contribution >= 0.6 is 11.6 Å². The van der Waals surface area contributed by atoms with Crippen molar-refractivity contribution in [3.05, 3.63) is 94.8 Å². The van der Waals surface area contributed by atoms with Crippen molar-refractivity contribution in [1.29, 1.82) is 0 Å². The van der Waals surface area contributed by atoms with E-state index in [1.165, 1.54) is 5.56 Å². The maximum absolute atomic E-state index is 6.00. The first-order valence-electron chi connectivity index (χ1n) is 9.37. The van der Waals surface area contributed by atoms with Gasteiger partial charge in [-0.3, -0.25) is 0 Å². The van der Waals surface area contributed by atoms with Crippen molar-refractivity contribution in [1.82, 2.24) is 15.3 Å². The van der Waals surface area contributed by atoms with Gasteiger partial charge in [-0.1, -0.05) is 48.0 Å². The van der Waals surface area contributed by atoms with Gasteiger partial charge in [0.1, 0.15) is 18.2 Å². The predicted molar refractivity (Wildman–Crippen MR) is 114 cm³/mol. The van der Waals surface area contributed by atoms with Gasteiger partial charge >= 0.3 is 0 Å². The molecule has 4 rings (SSSR count). The Labute approximate surface area is 169 Å². The smallest absolute Gasteiger partial charge is 0.119 e. The normalized spacial score (nSPS) is 11.0. The number of aromatic nitrogens is 2. The molecule has 0 aliphatic carbocycles. The minimum absolute atomic E-state index is 0.510. The van der Waals surface area contributed by atoms with Crippen LogP contribution in [0.3, 0.4) is 0 Å². The van der Waals surface area contributed by atoms with E-state index in [0.29, 0.717) is 6.61 Å². The maximum atomic E-state index is 6.00. The monoisotopic (exact) mass is 391 g/mol. The molecule has 0 atom stereocenters. The Morgan fingerprint density at radius 3 is 2.61 bits per heavy atom. The molecule has 5 heteroatoms. The van der Waals surface area contributed by atoms with Gasteiger partial charge in [0.05, 0.1) is 11.0 Å². The van der Waals surface area contributed by atoms with Crippen LogP contribution in [0.2, 0.25) is 5.02 Å². The molecule has 4 aromatic rings. The lowest BCUT2D eigenvalue weighted by Crippen LogP contribution is -2.17. The minimum atomic E-state index is 0.510. The Kier molecular flexibility index (Phi) is 5.90. The quantitative estimate of drug-likeness (QED) is 0.409. The van der Waals surface area contributed by atoms with Crippen molar-refractivity contribution in [2.24, 2.45) is 0 Å². The number of benzene rings is 3. The summed E-state index contributed by atoms with van der Waals surface area (Å²) in [6.45, 7) is 2.19. The third-order valence-corrected chi connectivity index (χ3v) is 4.76. The van der Waals surface area contributed by atoms with Crippen LogP contribution in [0.5, 0.6) is 5.75 Å². The highest BCUT2D eigenvalue weighted by Crippen LogP contribution is 2.16. The van der Waals surface area contributed by atoms with E-state index in [1.807, 2.05) is 54.6 Å². The van der Waals surface area contributed by atoms with Crippen LogP contribution in [-0.4, -0.2) is 16.5 Å². The third-order valence-electron chi connectivity index (χ3n) is 4.52. The van der Waals surface area contributed by atoms with Gasteiger partial charge in [0.2, 0.25) is 0 Å². The molecular weight excluding hydrogens is 370 g/mol. The first kappa shape index (κ1) is 18.5. The van der Waals surface area contributed by atoms with E-state index < -0.39 is 0 Å². The number of ether oxygens (including phenoxy) is 1. The highest BCUT2D eigenvalue weighted by Gasteiger charge is 2.02. The topological polar surface area (TPSA) is 49.9 Å². The number of halogens is 1. The molecule has 0 fully saturated rings. The van der Waals surface area contributed by atoms with Gasteiger partial charge in [0.25, 0.3) is 0 Å². The van der Waals surface area contributed by atoms with Crippen molar-refractivity contribution in [3.63, 3.8) is 0 Å². The zero-order valence-corrected chi connectivity index (χ0v) is 16.2. The fourth-order valence-electron chi connectivity index (χ4n) is 3.06. The molecule has 0 bridgehead atoms. The van der Waals surface area contributed by atoms with Gasteiger partial charge in [0, 0.05) is 24.5 Å². The van der Waals surface area contributed by atoms with Crippen LogP contribution in [0.25, 0.3) is 11.0 Å². The average molecular weight is 392 g/mol. The Morgan fingerprint density at radius 2 is 1.79 bits per heavy atom. The lowest BCUT2D eigenvalue weighted by atomic mass is 10.2. The number of H-pyrrole nitrogens is 1. The number of hydrogen-bond acceptors (Lipinski definition) is 3. The summed E-state index contributed by atoms with van der Waals surface area (Å²) in [4.78, 5) is 7.96. The summed E-state index contributed by atoms with van der Waals surface area (Å²) < 4.78 is 5.82.